The molecule has 1 saturated heterocycles. The molecule has 1 aliphatic heterocycles. The van der Waals surface area contributed by atoms with Crippen molar-refractivity contribution in [3.05, 3.63) is 35.9 Å². The lowest BCUT2D eigenvalue weighted by molar-refractivity contribution is -0.148. The molecule has 1 spiro atoms. The maximum Gasteiger partial charge on any atom is 0.410 e. The van der Waals surface area contributed by atoms with Gasteiger partial charge in [-0.1, -0.05) is 30.3 Å². The van der Waals surface area contributed by atoms with Gasteiger partial charge in [-0.15, -0.1) is 0 Å². The van der Waals surface area contributed by atoms with E-state index in [1.807, 2.05) is 30.3 Å². The average Bonchev–Trinajstić information content (AvgIpc) is 3.31. The van der Waals surface area contributed by atoms with Crippen LogP contribution >= 0.6 is 0 Å². The van der Waals surface area contributed by atoms with Crippen LogP contribution in [0, 0.1) is 5.41 Å². The van der Waals surface area contributed by atoms with E-state index in [9.17, 15) is 9.59 Å². The third-order valence-electron chi connectivity index (χ3n) is 4.76. The molecule has 0 radical (unpaired) electrons. The summed E-state index contributed by atoms with van der Waals surface area (Å²) in [7, 11) is 1.37. The van der Waals surface area contributed by atoms with Gasteiger partial charge in [0.15, 0.2) is 0 Å². The van der Waals surface area contributed by atoms with Gasteiger partial charge in [0.1, 0.15) is 12.6 Å². The molecule has 0 aromatic heterocycles. The Morgan fingerprint density at radius 2 is 1.95 bits per heavy atom. The van der Waals surface area contributed by atoms with Crippen LogP contribution in [-0.4, -0.2) is 36.7 Å². The number of piperidine rings is 1. The first-order valence-corrected chi connectivity index (χ1v) is 7.69. The van der Waals surface area contributed by atoms with Crippen LogP contribution in [0.5, 0.6) is 0 Å². The predicted molar refractivity (Wildman–Crippen MR) is 80.0 cm³/mol. The Kier molecular flexibility index (Phi) is 4.05. The molecule has 5 heteroatoms. The van der Waals surface area contributed by atoms with Crippen molar-refractivity contribution in [1.82, 2.24) is 4.90 Å². The number of hydrogen-bond donors (Lipinski definition) is 0. The Balaban J connectivity index is 1.63. The Bertz CT molecular complexity index is 553. The number of nitrogens with zero attached hydrogens (tertiary/aromatic N) is 1. The van der Waals surface area contributed by atoms with Gasteiger partial charge in [0.05, 0.1) is 7.11 Å². The molecule has 0 bridgehead atoms. The van der Waals surface area contributed by atoms with Crippen LogP contribution in [0.2, 0.25) is 0 Å². The second kappa shape index (κ2) is 5.99. The van der Waals surface area contributed by atoms with E-state index in [0.29, 0.717) is 13.0 Å². The molecule has 1 amide bonds. The highest BCUT2D eigenvalue weighted by Gasteiger charge is 2.51. The smallest absolute Gasteiger partial charge is 0.410 e. The van der Waals surface area contributed by atoms with Gasteiger partial charge < -0.3 is 9.47 Å². The van der Waals surface area contributed by atoms with Crippen LogP contribution in [0.4, 0.5) is 4.79 Å². The van der Waals surface area contributed by atoms with Crippen LogP contribution in [-0.2, 0) is 20.9 Å². The van der Waals surface area contributed by atoms with Crippen LogP contribution < -0.4 is 0 Å². The fourth-order valence-electron chi connectivity index (χ4n) is 3.13. The Morgan fingerprint density at radius 3 is 2.59 bits per heavy atom. The molecule has 0 N–H and O–H groups in total. The summed E-state index contributed by atoms with van der Waals surface area (Å²) in [6, 6.07) is 9.01. The quantitative estimate of drug-likeness (QED) is 0.806. The SMILES string of the molecule is COC(=O)[C@@H]1CC2(CCN1C(=O)OCc1ccccc1)CC2. The highest BCUT2D eigenvalue weighted by Crippen LogP contribution is 2.55. The highest BCUT2D eigenvalue weighted by molar-refractivity contribution is 5.81. The summed E-state index contributed by atoms with van der Waals surface area (Å²) in [6.07, 6.45) is 3.50. The number of hydrogen-bond acceptors (Lipinski definition) is 4. The topological polar surface area (TPSA) is 55.8 Å². The summed E-state index contributed by atoms with van der Waals surface area (Å²) in [6.45, 7) is 0.780. The van der Waals surface area contributed by atoms with E-state index in [4.69, 9.17) is 9.47 Å². The summed E-state index contributed by atoms with van der Waals surface area (Å²) in [5, 5.41) is 0. The minimum atomic E-state index is -0.510. The second-order valence-corrected chi connectivity index (χ2v) is 6.23. The zero-order chi connectivity index (χ0) is 15.6. The molecule has 1 aromatic rings. The fourth-order valence-corrected chi connectivity index (χ4v) is 3.13. The van der Waals surface area contributed by atoms with E-state index in [2.05, 4.69) is 0 Å². The van der Waals surface area contributed by atoms with Crippen molar-refractivity contribution in [2.45, 2.75) is 38.3 Å². The lowest BCUT2D eigenvalue weighted by Gasteiger charge is -2.37. The van der Waals surface area contributed by atoms with Crippen molar-refractivity contribution in [2.24, 2.45) is 5.41 Å². The maximum atomic E-state index is 12.3. The van der Waals surface area contributed by atoms with E-state index < -0.39 is 12.1 Å². The number of rotatable bonds is 3. The molecule has 1 heterocycles. The summed E-state index contributed by atoms with van der Waals surface area (Å²) in [5.74, 6) is -0.345. The molecular weight excluding hydrogens is 282 g/mol. The van der Waals surface area contributed by atoms with Crippen molar-refractivity contribution in [3.8, 4) is 0 Å². The van der Waals surface area contributed by atoms with Crippen LogP contribution in [0.3, 0.4) is 0 Å². The zero-order valence-electron chi connectivity index (χ0n) is 12.8. The van der Waals surface area contributed by atoms with Crippen molar-refractivity contribution in [1.29, 1.82) is 0 Å². The summed E-state index contributed by atoms with van der Waals surface area (Å²) in [4.78, 5) is 25.9. The molecule has 0 unspecified atom stereocenters. The summed E-state index contributed by atoms with van der Waals surface area (Å²) >= 11 is 0. The lowest BCUT2D eigenvalue weighted by Crippen LogP contribution is -2.51. The lowest BCUT2D eigenvalue weighted by atomic mass is 9.88. The molecular formula is C17H21NO4. The average molecular weight is 303 g/mol. The number of amides is 1. The minimum Gasteiger partial charge on any atom is -0.467 e. The highest BCUT2D eigenvalue weighted by atomic mass is 16.6. The third-order valence-corrected chi connectivity index (χ3v) is 4.76. The number of ether oxygens (including phenoxy) is 2. The standard InChI is InChI=1S/C17H21NO4/c1-21-15(19)14-11-17(7-8-17)9-10-18(14)16(20)22-12-13-5-3-2-4-6-13/h2-6,14H,7-12H2,1H3/t14-/m0/s1. The minimum absolute atomic E-state index is 0.217. The molecule has 1 aromatic carbocycles. The van der Waals surface area contributed by atoms with Crippen LogP contribution in [0.1, 0.15) is 31.2 Å². The van der Waals surface area contributed by atoms with Gasteiger partial charge in [-0.3, -0.25) is 4.90 Å². The van der Waals surface area contributed by atoms with Gasteiger partial charge in [-0.25, -0.2) is 9.59 Å². The first-order chi connectivity index (χ1) is 10.6. The first kappa shape index (κ1) is 14.9. The number of carbonyl (C=O) groups is 2. The van der Waals surface area contributed by atoms with Gasteiger partial charge in [-0.2, -0.15) is 0 Å². The van der Waals surface area contributed by atoms with E-state index in [0.717, 1.165) is 24.8 Å². The monoisotopic (exact) mass is 303 g/mol. The third kappa shape index (κ3) is 3.08. The number of esters is 1. The fraction of sp³-hybridized carbons (Fsp3) is 0.529. The van der Waals surface area contributed by atoms with Crippen LogP contribution in [0.15, 0.2) is 30.3 Å². The van der Waals surface area contributed by atoms with E-state index in [1.54, 1.807) is 0 Å². The number of benzene rings is 1. The molecule has 2 fully saturated rings. The number of methoxy groups -OCH3 is 1. The van der Waals surface area contributed by atoms with Gasteiger partial charge >= 0.3 is 12.1 Å². The van der Waals surface area contributed by atoms with E-state index in [-0.39, 0.29) is 18.0 Å². The Hall–Kier alpha value is -2.04. The maximum absolute atomic E-state index is 12.3. The predicted octanol–water partition coefficient (Wildman–Crippen LogP) is 2.74. The summed E-state index contributed by atoms with van der Waals surface area (Å²) in [5.41, 5.74) is 1.19. The van der Waals surface area contributed by atoms with E-state index >= 15 is 0 Å². The Morgan fingerprint density at radius 1 is 1.23 bits per heavy atom. The zero-order valence-corrected chi connectivity index (χ0v) is 12.8. The largest absolute Gasteiger partial charge is 0.467 e. The van der Waals surface area contributed by atoms with Gasteiger partial charge in [-0.05, 0) is 36.7 Å². The van der Waals surface area contributed by atoms with Crippen molar-refractivity contribution in [2.75, 3.05) is 13.7 Å². The molecule has 118 valence electrons. The normalized spacial score (nSPS) is 22.2. The molecule has 22 heavy (non-hydrogen) atoms. The number of carbonyl (C=O) groups excluding carboxylic acids is 2. The van der Waals surface area contributed by atoms with Gasteiger partial charge in [0.2, 0.25) is 0 Å². The molecule has 1 aliphatic carbocycles. The van der Waals surface area contributed by atoms with Crippen molar-refractivity contribution >= 4 is 12.1 Å². The van der Waals surface area contributed by atoms with Crippen molar-refractivity contribution < 1.29 is 19.1 Å². The molecule has 1 atom stereocenters. The summed E-state index contributed by atoms with van der Waals surface area (Å²) < 4.78 is 10.2. The molecule has 5 nitrogen and oxygen atoms in total. The molecule has 1 saturated carbocycles. The number of likely N-dealkylation sites (tertiary alicyclic amines) is 1. The van der Waals surface area contributed by atoms with E-state index in [1.165, 1.54) is 12.0 Å². The van der Waals surface area contributed by atoms with Gasteiger partial charge in [0.25, 0.3) is 0 Å². The van der Waals surface area contributed by atoms with Crippen molar-refractivity contribution in [3.63, 3.8) is 0 Å². The molecule has 3 rings (SSSR count). The second-order valence-electron chi connectivity index (χ2n) is 6.23. The molecule has 2 aliphatic rings. The Labute approximate surface area is 130 Å². The van der Waals surface area contributed by atoms with Gasteiger partial charge in [0, 0.05) is 6.54 Å². The first-order valence-electron chi connectivity index (χ1n) is 7.69. The van der Waals surface area contributed by atoms with Crippen LogP contribution in [0.25, 0.3) is 0 Å².